The van der Waals surface area contributed by atoms with Crippen molar-refractivity contribution in [2.45, 2.75) is 13.0 Å². The van der Waals surface area contributed by atoms with Gasteiger partial charge in [-0.15, -0.1) is 0 Å². The number of ether oxygens (including phenoxy) is 2. The molecule has 0 atom stereocenters. The van der Waals surface area contributed by atoms with E-state index in [1.165, 1.54) is 6.20 Å². The van der Waals surface area contributed by atoms with Gasteiger partial charge in [0.05, 0.1) is 11.3 Å². The van der Waals surface area contributed by atoms with Crippen LogP contribution in [-0.2, 0) is 17.8 Å². The normalized spacial score (nSPS) is 10.2. The summed E-state index contributed by atoms with van der Waals surface area (Å²) < 4.78 is 10.9. The van der Waals surface area contributed by atoms with Crippen LogP contribution in [0.1, 0.15) is 16.8 Å². The van der Waals surface area contributed by atoms with Crippen LogP contribution >= 0.6 is 0 Å². The smallest absolute Gasteiger partial charge is 0.224 e. The first-order chi connectivity index (χ1) is 13.1. The van der Waals surface area contributed by atoms with E-state index in [9.17, 15) is 0 Å². The second-order valence-electron chi connectivity index (χ2n) is 5.72. The van der Waals surface area contributed by atoms with Crippen LogP contribution in [0.5, 0.6) is 5.75 Å². The Morgan fingerprint density at radius 3 is 2.41 bits per heavy atom. The van der Waals surface area contributed by atoms with Gasteiger partial charge in [-0.3, -0.25) is 15.8 Å². The minimum absolute atomic E-state index is 0.0505. The average Bonchev–Trinajstić information content (AvgIpc) is 2.68. The maximum absolute atomic E-state index is 7.96. The molecule has 0 aliphatic heterocycles. The highest BCUT2D eigenvalue weighted by Gasteiger charge is 2.11. The zero-order chi connectivity index (χ0) is 19.1. The molecule has 2 heterocycles. The highest BCUT2D eigenvalue weighted by molar-refractivity contribution is 6.02. The highest BCUT2D eigenvalue weighted by Crippen LogP contribution is 2.15. The molecule has 7 nitrogen and oxygen atoms in total. The third-order valence-corrected chi connectivity index (χ3v) is 3.71. The molecule has 0 aliphatic rings. The lowest BCUT2D eigenvalue weighted by Crippen LogP contribution is -2.15. The number of nitrogens with one attached hydrogen (secondary N) is 2. The second-order valence-corrected chi connectivity index (χ2v) is 5.72. The summed E-state index contributed by atoms with van der Waals surface area (Å²) in [6, 6.07) is 16.3. The number of nitrogens with zero attached hydrogens (tertiary/aromatic N) is 2. The number of hydrogen-bond donors (Lipinski definition) is 3. The fourth-order valence-electron chi connectivity index (χ4n) is 2.35. The molecule has 3 aromatic rings. The SMILES string of the molecule is N=C(Cc1ccc(OCc2ccccn2)cc1)OC(=N)c1cccnc1N. The van der Waals surface area contributed by atoms with E-state index in [1.54, 1.807) is 18.3 Å². The Bertz CT molecular complexity index is 927. The molecule has 0 saturated carbocycles. The average molecular weight is 361 g/mol. The Hall–Kier alpha value is -3.74. The molecule has 136 valence electrons. The second kappa shape index (κ2) is 8.57. The first-order valence-corrected chi connectivity index (χ1v) is 8.28. The van der Waals surface area contributed by atoms with Gasteiger partial charge < -0.3 is 15.2 Å². The molecule has 0 spiro atoms. The van der Waals surface area contributed by atoms with Crippen molar-refractivity contribution in [2.75, 3.05) is 5.73 Å². The Morgan fingerprint density at radius 1 is 0.926 bits per heavy atom. The van der Waals surface area contributed by atoms with Crippen LogP contribution in [0.15, 0.2) is 67.0 Å². The van der Waals surface area contributed by atoms with Crippen molar-refractivity contribution in [3.63, 3.8) is 0 Å². The first-order valence-electron chi connectivity index (χ1n) is 8.28. The fourth-order valence-corrected chi connectivity index (χ4v) is 2.35. The van der Waals surface area contributed by atoms with Crippen molar-refractivity contribution < 1.29 is 9.47 Å². The molecular formula is C20H19N5O2. The topological polar surface area (TPSA) is 118 Å². The van der Waals surface area contributed by atoms with E-state index < -0.39 is 0 Å². The molecule has 0 saturated heterocycles. The zero-order valence-corrected chi connectivity index (χ0v) is 14.6. The van der Waals surface area contributed by atoms with Gasteiger partial charge in [0.1, 0.15) is 18.2 Å². The van der Waals surface area contributed by atoms with Crippen LogP contribution in [0.2, 0.25) is 0 Å². The van der Waals surface area contributed by atoms with Crippen molar-refractivity contribution in [2.24, 2.45) is 0 Å². The van der Waals surface area contributed by atoms with Crippen molar-refractivity contribution >= 4 is 17.6 Å². The van der Waals surface area contributed by atoms with Gasteiger partial charge >= 0.3 is 0 Å². The van der Waals surface area contributed by atoms with Crippen LogP contribution in [0, 0.1) is 10.8 Å². The number of nitrogens with two attached hydrogens (primary N) is 1. The summed E-state index contributed by atoms with van der Waals surface area (Å²) in [6.45, 7) is 0.392. The third kappa shape index (κ3) is 5.12. The summed E-state index contributed by atoms with van der Waals surface area (Å²) in [4.78, 5) is 8.11. The van der Waals surface area contributed by atoms with E-state index in [0.717, 1.165) is 11.3 Å². The predicted octanol–water partition coefficient (Wildman–Crippen LogP) is 3.20. The summed E-state index contributed by atoms with van der Waals surface area (Å²) in [5, 5.41) is 15.9. The van der Waals surface area contributed by atoms with Crippen molar-refractivity contribution in [3.05, 3.63) is 83.8 Å². The van der Waals surface area contributed by atoms with Gasteiger partial charge in [0.25, 0.3) is 0 Å². The number of pyridine rings is 2. The van der Waals surface area contributed by atoms with Crippen LogP contribution in [-0.4, -0.2) is 21.8 Å². The van der Waals surface area contributed by atoms with E-state index >= 15 is 0 Å². The summed E-state index contributed by atoms with van der Waals surface area (Å²) in [7, 11) is 0. The number of aromatic nitrogens is 2. The molecule has 27 heavy (non-hydrogen) atoms. The maximum atomic E-state index is 7.96. The number of hydrogen-bond acceptors (Lipinski definition) is 7. The Balaban J connectivity index is 1.52. The highest BCUT2D eigenvalue weighted by atomic mass is 16.5. The Morgan fingerprint density at radius 2 is 1.70 bits per heavy atom. The largest absolute Gasteiger partial charge is 0.487 e. The summed E-state index contributed by atoms with van der Waals surface area (Å²) in [6.07, 6.45) is 3.52. The van der Waals surface area contributed by atoms with E-state index in [1.807, 2.05) is 42.5 Å². The van der Waals surface area contributed by atoms with Crippen LogP contribution < -0.4 is 10.5 Å². The molecule has 2 aromatic heterocycles. The summed E-state index contributed by atoms with van der Waals surface area (Å²) in [5.74, 6) is 0.670. The van der Waals surface area contributed by atoms with E-state index in [0.29, 0.717) is 17.9 Å². The van der Waals surface area contributed by atoms with E-state index in [-0.39, 0.29) is 24.0 Å². The standard InChI is InChI=1S/C20H19N5O2/c21-18(27-20(23)17-5-3-11-25-19(17)22)12-14-6-8-16(9-7-14)26-13-15-4-1-2-10-24-15/h1-11,21,23H,12-13H2,(H2,22,25). The monoisotopic (exact) mass is 361 g/mol. The van der Waals surface area contributed by atoms with Crippen molar-refractivity contribution in [1.82, 2.24) is 9.97 Å². The maximum Gasteiger partial charge on any atom is 0.224 e. The number of benzene rings is 1. The molecule has 4 N–H and O–H groups in total. The quantitative estimate of drug-likeness (QED) is 0.460. The molecule has 3 rings (SSSR count). The zero-order valence-electron chi connectivity index (χ0n) is 14.6. The van der Waals surface area contributed by atoms with Crippen molar-refractivity contribution in [1.29, 1.82) is 10.8 Å². The lowest BCUT2D eigenvalue weighted by Gasteiger charge is -2.10. The van der Waals surface area contributed by atoms with Crippen LogP contribution in [0.4, 0.5) is 5.82 Å². The number of nitrogen functional groups attached to an aromatic ring is 1. The number of anilines is 1. The third-order valence-electron chi connectivity index (χ3n) is 3.71. The molecule has 0 bridgehead atoms. The van der Waals surface area contributed by atoms with Crippen LogP contribution in [0.25, 0.3) is 0 Å². The minimum atomic E-state index is -0.194. The van der Waals surface area contributed by atoms with Crippen LogP contribution in [0.3, 0.4) is 0 Å². The summed E-state index contributed by atoms with van der Waals surface area (Å²) >= 11 is 0. The molecule has 0 amide bonds. The van der Waals surface area contributed by atoms with Gasteiger partial charge in [-0.25, -0.2) is 4.98 Å². The van der Waals surface area contributed by atoms with Gasteiger partial charge in [0, 0.05) is 18.8 Å². The van der Waals surface area contributed by atoms with Gasteiger partial charge in [0.2, 0.25) is 5.90 Å². The van der Waals surface area contributed by atoms with Gasteiger partial charge in [-0.1, -0.05) is 18.2 Å². The van der Waals surface area contributed by atoms with Gasteiger partial charge in [0.15, 0.2) is 5.90 Å². The van der Waals surface area contributed by atoms with Gasteiger partial charge in [-0.05, 0) is 42.0 Å². The predicted molar refractivity (Wildman–Crippen MR) is 103 cm³/mol. The first kappa shape index (κ1) is 18.1. The van der Waals surface area contributed by atoms with E-state index in [4.69, 9.17) is 26.0 Å². The lowest BCUT2D eigenvalue weighted by atomic mass is 10.1. The molecule has 0 aliphatic carbocycles. The Labute approximate surface area is 156 Å². The fraction of sp³-hybridized carbons (Fsp3) is 0.100. The summed E-state index contributed by atoms with van der Waals surface area (Å²) in [5.41, 5.74) is 7.80. The molecule has 0 fully saturated rings. The van der Waals surface area contributed by atoms with E-state index in [2.05, 4.69) is 9.97 Å². The number of rotatable bonds is 6. The molecule has 0 radical (unpaired) electrons. The minimum Gasteiger partial charge on any atom is -0.487 e. The lowest BCUT2D eigenvalue weighted by molar-refractivity contribution is 0.301. The molecule has 0 unspecified atom stereocenters. The Kier molecular flexibility index (Phi) is 5.73. The molecule has 1 aromatic carbocycles. The molecular weight excluding hydrogens is 342 g/mol. The molecule has 7 heteroatoms. The van der Waals surface area contributed by atoms with Gasteiger partial charge in [-0.2, -0.15) is 0 Å². The van der Waals surface area contributed by atoms with Crippen molar-refractivity contribution in [3.8, 4) is 5.75 Å².